The number of hydrogen-bond acceptors (Lipinski definition) is 2. The normalized spacial score (nSPS) is 58.0. The molecule has 182 valence electrons. The van der Waals surface area contributed by atoms with E-state index in [-0.39, 0.29) is 5.54 Å². The van der Waals surface area contributed by atoms with Gasteiger partial charge < -0.3 is 10.1 Å². The van der Waals surface area contributed by atoms with Crippen LogP contribution in [0.2, 0.25) is 0 Å². The van der Waals surface area contributed by atoms with Crippen molar-refractivity contribution >= 4 is 0 Å². The molecule has 2 bridgehead atoms. The maximum atomic E-state index is 6.73. The van der Waals surface area contributed by atoms with Crippen LogP contribution < -0.4 is 5.32 Å². The molecule has 0 amide bonds. The van der Waals surface area contributed by atoms with Gasteiger partial charge >= 0.3 is 0 Å². The summed E-state index contributed by atoms with van der Waals surface area (Å²) in [5.74, 6) is 3.40. The smallest absolute Gasteiger partial charge is 0.0663 e. The van der Waals surface area contributed by atoms with Crippen LogP contribution in [-0.4, -0.2) is 24.8 Å². The molecule has 2 saturated heterocycles. The number of hydrogen-bond donors (Lipinski definition) is 1. The van der Waals surface area contributed by atoms with Crippen LogP contribution in [0, 0.1) is 50.7 Å². The second-order valence-corrected chi connectivity index (χ2v) is 15.5. The Bertz CT molecular complexity index is 788. The lowest BCUT2D eigenvalue weighted by Gasteiger charge is -2.72. The Balaban J connectivity index is 1.40. The Labute approximate surface area is 198 Å². The molecule has 2 heteroatoms. The molecule has 0 aromatic carbocycles. The summed E-state index contributed by atoms with van der Waals surface area (Å²) in [6.45, 7) is 20.6. The summed E-state index contributed by atoms with van der Waals surface area (Å²) >= 11 is 0. The van der Waals surface area contributed by atoms with E-state index in [0.717, 1.165) is 30.3 Å². The van der Waals surface area contributed by atoms with E-state index in [4.69, 9.17) is 4.74 Å². The first-order valence-electron chi connectivity index (χ1n) is 14.3. The quantitative estimate of drug-likeness (QED) is 0.428. The van der Waals surface area contributed by atoms with E-state index in [9.17, 15) is 0 Å². The highest BCUT2D eigenvalue weighted by molar-refractivity contribution is 5.21. The van der Waals surface area contributed by atoms with Crippen molar-refractivity contribution in [2.24, 2.45) is 50.7 Å². The molecule has 0 spiro atoms. The first-order chi connectivity index (χ1) is 14.9. The third-order valence-electron chi connectivity index (χ3n) is 13.7. The average Bonchev–Trinajstić information content (AvgIpc) is 2.99. The van der Waals surface area contributed by atoms with Crippen molar-refractivity contribution in [3.63, 3.8) is 0 Å². The summed E-state index contributed by atoms with van der Waals surface area (Å²) in [6.07, 6.45) is 14.8. The fourth-order valence-corrected chi connectivity index (χ4v) is 11.9. The van der Waals surface area contributed by atoms with Crippen LogP contribution in [0.25, 0.3) is 0 Å². The molecular weight excluding hydrogens is 390 g/mol. The van der Waals surface area contributed by atoms with Crippen LogP contribution in [0.15, 0.2) is 0 Å². The van der Waals surface area contributed by atoms with Crippen molar-refractivity contribution < 1.29 is 4.74 Å². The van der Waals surface area contributed by atoms with Crippen molar-refractivity contribution in [2.45, 2.75) is 124 Å². The molecule has 0 aromatic rings. The standard InChI is InChI=1S/C30H51NO/c1-25(2)14-16-30-17-15-28(6)20(23(30)24(25)32-19-30)9-10-22-27(5)12-8-18-31-26(3,4)21(27)11-13-29(22,28)7/h20-24,31H,8-19H2,1-7H3/t20?,21-,22+,23-,24+,27-,28+,29+,30+/m0/s1. The highest BCUT2D eigenvalue weighted by Crippen LogP contribution is 2.77. The van der Waals surface area contributed by atoms with Gasteiger partial charge in [0.2, 0.25) is 0 Å². The van der Waals surface area contributed by atoms with E-state index < -0.39 is 0 Å². The summed E-state index contributed by atoms with van der Waals surface area (Å²) in [5, 5.41) is 3.97. The molecule has 32 heavy (non-hydrogen) atoms. The van der Waals surface area contributed by atoms with Gasteiger partial charge in [-0.05, 0) is 135 Å². The van der Waals surface area contributed by atoms with E-state index in [1.807, 2.05) is 0 Å². The molecule has 1 unspecified atom stereocenters. The minimum absolute atomic E-state index is 0.279. The third-order valence-corrected chi connectivity index (χ3v) is 13.7. The molecule has 6 fully saturated rings. The van der Waals surface area contributed by atoms with Crippen molar-refractivity contribution in [3.8, 4) is 0 Å². The molecule has 6 rings (SSSR count). The predicted octanol–water partition coefficient (Wildman–Crippen LogP) is 7.22. The lowest BCUT2D eigenvalue weighted by molar-refractivity contribution is -0.231. The lowest BCUT2D eigenvalue weighted by Crippen LogP contribution is -2.67. The Morgan fingerprint density at radius 3 is 2.25 bits per heavy atom. The monoisotopic (exact) mass is 441 g/mol. The molecular formula is C30H51NO. The minimum Gasteiger partial charge on any atom is -0.377 e. The number of nitrogens with one attached hydrogen (secondary N) is 1. The van der Waals surface area contributed by atoms with Crippen molar-refractivity contribution in [1.29, 1.82) is 0 Å². The van der Waals surface area contributed by atoms with Gasteiger partial charge in [0.25, 0.3) is 0 Å². The van der Waals surface area contributed by atoms with Crippen LogP contribution >= 0.6 is 0 Å². The summed E-state index contributed by atoms with van der Waals surface area (Å²) in [4.78, 5) is 0. The van der Waals surface area contributed by atoms with E-state index in [1.165, 1.54) is 70.8 Å². The third kappa shape index (κ3) is 2.56. The molecule has 4 saturated carbocycles. The Morgan fingerprint density at radius 1 is 0.719 bits per heavy atom. The topological polar surface area (TPSA) is 21.3 Å². The van der Waals surface area contributed by atoms with Gasteiger partial charge in [-0.2, -0.15) is 0 Å². The second-order valence-electron chi connectivity index (χ2n) is 15.5. The zero-order chi connectivity index (χ0) is 22.8. The summed E-state index contributed by atoms with van der Waals surface area (Å²) < 4.78 is 6.73. The molecule has 0 aromatic heterocycles. The van der Waals surface area contributed by atoms with Crippen LogP contribution in [-0.2, 0) is 4.74 Å². The molecule has 4 aliphatic carbocycles. The largest absolute Gasteiger partial charge is 0.377 e. The highest BCUT2D eigenvalue weighted by atomic mass is 16.5. The van der Waals surface area contributed by atoms with E-state index in [0.29, 0.717) is 33.2 Å². The van der Waals surface area contributed by atoms with Gasteiger partial charge in [0.1, 0.15) is 0 Å². The molecule has 1 N–H and O–H groups in total. The zero-order valence-electron chi connectivity index (χ0n) is 22.3. The van der Waals surface area contributed by atoms with Gasteiger partial charge in [-0.3, -0.25) is 0 Å². The molecule has 9 atom stereocenters. The molecule has 2 heterocycles. The molecule has 2 nitrogen and oxygen atoms in total. The Morgan fingerprint density at radius 2 is 1.47 bits per heavy atom. The van der Waals surface area contributed by atoms with E-state index >= 15 is 0 Å². The fraction of sp³-hybridized carbons (Fsp3) is 1.00. The van der Waals surface area contributed by atoms with Gasteiger partial charge in [-0.1, -0.05) is 34.6 Å². The van der Waals surface area contributed by atoms with E-state index in [1.54, 1.807) is 0 Å². The summed E-state index contributed by atoms with van der Waals surface area (Å²) in [7, 11) is 0. The minimum atomic E-state index is 0.279. The van der Waals surface area contributed by atoms with Crippen LogP contribution in [0.5, 0.6) is 0 Å². The maximum absolute atomic E-state index is 6.73. The van der Waals surface area contributed by atoms with Gasteiger partial charge in [0.15, 0.2) is 0 Å². The molecule has 6 aliphatic rings. The van der Waals surface area contributed by atoms with Crippen LogP contribution in [0.1, 0.15) is 113 Å². The van der Waals surface area contributed by atoms with Gasteiger partial charge in [0, 0.05) is 5.54 Å². The predicted molar refractivity (Wildman–Crippen MR) is 132 cm³/mol. The van der Waals surface area contributed by atoms with Crippen molar-refractivity contribution in [3.05, 3.63) is 0 Å². The first-order valence-corrected chi connectivity index (χ1v) is 14.3. The number of fused-ring (bicyclic) bond motifs is 5. The lowest BCUT2D eigenvalue weighted by atomic mass is 9.32. The van der Waals surface area contributed by atoms with E-state index in [2.05, 4.69) is 53.8 Å². The summed E-state index contributed by atoms with van der Waals surface area (Å²) in [6, 6.07) is 0. The number of rotatable bonds is 0. The van der Waals surface area contributed by atoms with Gasteiger partial charge in [-0.15, -0.1) is 0 Å². The fourth-order valence-electron chi connectivity index (χ4n) is 11.9. The highest BCUT2D eigenvalue weighted by Gasteiger charge is 2.72. The average molecular weight is 442 g/mol. The number of ether oxygens (including phenoxy) is 1. The van der Waals surface area contributed by atoms with Crippen molar-refractivity contribution in [1.82, 2.24) is 5.32 Å². The maximum Gasteiger partial charge on any atom is 0.0663 e. The van der Waals surface area contributed by atoms with Crippen LogP contribution in [0.3, 0.4) is 0 Å². The SMILES string of the molecule is CC1(C)CC[C@]23CC[C@]4(C)C(CC[C@@H]5[C@@]6(C)CCCNC(C)(C)[C@@H]6CC[C@]54C)[C@H]2[C@H]1OC3. The van der Waals surface area contributed by atoms with Crippen LogP contribution in [0.4, 0.5) is 0 Å². The Kier molecular flexibility index (Phi) is 4.59. The molecule has 2 aliphatic heterocycles. The summed E-state index contributed by atoms with van der Waals surface area (Å²) in [5.41, 5.74) is 2.63. The molecule has 0 radical (unpaired) electrons. The van der Waals surface area contributed by atoms with Crippen molar-refractivity contribution in [2.75, 3.05) is 13.2 Å². The zero-order valence-corrected chi connectivity index (χ0v) is 22.3. The van der Waals surface area contributed by atoms with Gasteiger partial charge in [-0.25, -0.2) is 0 Å². The first kappa shape index (κ1) is 22.4. The second kappa shape index (κ2) is 6.57. The Hall–Kier alpha value is -0.0800. The van der Waals surface area contributed by atoms with Gasteiger partial charge in [0.05, 0.1) is 12.7 Å².